The van der Waals surface area contributed by atoms with Crippen molar-refractivity contribution < 1.29 is 15.3 Å². The summed E-state index contributed by atoms with van der Waals surface area (Å²) in [6.45, 7) is 5.36. The van der Waals surface area contributed by atoms with Gasteiger partial charge in [-0.25, -0.2) is 0 Å². The lowest BCUT2D eigenvalue weighted by atomic mass is 9.80. The molecule has 0 amide bonds. The molecule has 0 aliphatic heterocycles. The molecule has 86 valence electrons. The van der Waals surface area contributed by atoms with E-state index in [1.54, 1.807) is 50.3 Å². The van der Waals surface area contributed by atoms with Gasteiger partial charge in [0, 0.05) is 0 Å². The van der Waals surface area contributed by atoms with Crippen molar-refractivity contribution in [2.45, 2.75) is 33.2 Å². The van der Waals surface area contributed by atoms with Crippen LogP contribution in [0, 0.1) is 5.41 Å². The van der Waals surface area contributed by atoms with Crippen LogP contribution in [0.3, 0.4) is 0 Å². The molecule has 0 aliphatic rings. The molecule has 0 bridgehead atoms. The fourth-order valence-corrected chi connectivity index (χ4v) is 1.46. The molecule has 0 saturated carbocycles. The first-order valence-electron chi connectivity index (χ1n) is 4.99. The zero-order valence-corrected chi connectivity index (χ0v) is 9.51. The normalized spacial score (nSPS) is 14.8. The molecular formula is C12H20O3. The topological polar surface area (TPSA) is 60.7 Å². The van der Waals surface area contributed by atoms with E-state index in [-0.39, 0.29) is 0 Å². The standard InChI is InChI=1S/C12H20O3/c1-4-7-10-11(8-5-2,9-6-3)12(13,14)15/h4-9,13-15H,10H2,1-3H3/b7-4+,8-5+,9-6+. The van der Waals surface area contributed by atoms with Crippen molar-refractivity contribution in [2.24, 2.45) is 5.41 Å². The molecule has 0 saturated heterocycles. The van der Waals surface area contributed by atoms with Crippen LogP contribution < -0.4 is 0 Å². The second kappa shape index (κ2) is 5.85. The molecular weight excluding hydrogens is 192 g/mol. The summed E-state index contributed by atoms with van der Waals surface area (Å²) in [4.78, 5) is 0. The van der Waals surface area contributed by atoms with Gasteiger partial charge in [0.1, 0.15) is 0 Å². The van der Waals surface area contributed by atoms with Crippen LogP contribution in [0.5, 0.6) is 0 Å². The Hall–Kier alpha value is -0.900. The molecule has 3 N–H and O–H groups in total. The van der Waals surface area contributed by atoms with Crippen LogP contribution in [0.4, 0.5) is 0 Å². The van der Waals surface area contributed by atoms with Gasteiger partial charge in [-0.05, 0) is 27.2 Å². The molecule has 0 aromatic rings. The van der Waals surface area contributed by atoms with Crippen molar-refractivity contribution in [1.29, 1.82) is 0 Å². The smallest absolute Gasteiger partial charge is 0.288 e. The maximum absolute atomic E-state index is 9.39. The van der Waals surface area contributed by atoms with E-state index in [0.29, 0.717) is 6.42 Å². The molecule has 0 atom stereocenters. The predicted molar refractivity (Wildman–Crippen MR) is 60.9 cm³/mol. The van der Waals surface area contributed by atoms with Crippen LogP contribution >= 0.6 is 0 Å². The molecule has 3 nitrogen and oxygen atoms in total. The summed E-state index contributed by atoms with van der Waals surface area (Å²) in [7, 11) is 0. The Morgan fingerprint density at radius 2 is 1.33 bits per heavy atom. The van der Waals surface area contributed by atoms with Crippen molar-refractivity contribution in [2.75, 3.05) is 0 Å². The Kier molecular flexibility index (Phi) is 5.50. The summed E-state index contributed by atoms with van der Waals surface area (Å²) < 4.78 is 0. The van der Waals surface area contributed by atoms with Crippen LogP contribution in [0.15, 0.2) is 36.5 Å². The van der Waals surface area contributed by atoms with Gasteiger partial charge in [0.15, 0.2) is 0 Å². The molecule has 0 radical (unpaired) electrons. The summed E-state index contributed by atoms with van der Waals surface area (Å²) in [5.41, 5.74) is -1.19. The van der Waals surface area contributed by atoms with E-state index < -0.39 is 11.4 Å². The minimum absolute atomic E-state index is 0.321. The predicted octanol–water partition coefficient (Wildman–Crippen LogP) is 1.72. The van der Waals surface area contributed by atoms with Crippen molar-refractivity contribution >= 4 is 0 Å². The molecule has 0 unspecified atom stereocenters. The van der Waals surface area contributed by atoms with Gasteiger partial charge in [-0.1, -0.05) is 36.5 Å². The van der Waals surface area contributed by atoms with Gasteiger partial charge in [-0.3, -0.25) is 0 Å². The zero-order chi connectivity index (χ0) is 11.9. The molecule has 3 heteroatoms. The van der Waals surface area contributed by atoms with Crippen LogP contribution in [0.1, 0.15) is 27.2 Å². The first-order chi connectivity index (χ1) is 6.93. The Bertz CT molecular complexity index is 245. The van der Waals surface area contributed by atoms with Gasteiger partial charge in [-0.2, -0.15) is 0 Å². The Morgan fingerprint density at radius 1 is 0.867 bits per heavy atom. The molecule has 0 aliphatic carbocycles. The number of rotatable bonds is 5. The lowest BCUT2D eigenvalue weighted by Crippen LogP contribution is -2.45. The number of hydrogen-bond donors (Lipinski definition) is 3. The van der Waals surface area contributed by atoms with Gasteiger partial charge < -0.3 is 15.3 Å². The zero-order valence-electron chi connectivity index (χ0n) is 9.51. The third kappa shape index (κ3) is 3.63. The number of hydrogen-bond acceptors (Lipinski definition) is 3. The minimum atomic E-state index is -2.76. The Morgan fingerprint density at radius 3 is 1.60 bits per heavy atom. The van der Waals surface area contributed by atoms with Gasteiger partial charge in [0.25, 0.3) is 5.97 Å². The molecule has 0 fully saturated rings. The van der Waals surface area contributed by atoms with E-state index in [9.17, 15) is 15.3 Å². The van der Waals surface area contributed by atoms with E-state index in [1.165, 1.54) is 0 Å². The quantitative estimate of drug-likeness (QED) is 0.480. The molecule has 0 heterocycles. The fraction of sp³-hybridized carbons (Fsp3) is 0.500. The average molecular weight is 212 g/mol. The molecule has 15 heavy (non-hydrogen) atoms. The monoisotopic (exact) mass is 212 g/mol. The van der Waals surface area contributed by atoms with Gasteiger partial charge in [0.05, 0.1) is 5.41 Å². The second-order valence-corrected chi connectivity index (χ2v) is 3.45. The van der Waals surface area contributed by atoms with E-state index in [1.807, 2.05) is 6.92 Å². The van der Waals surface area contributed by atoms with Gasteiger partial charge in [-0.15, -0.1) is 0 Å². The average Bonchev–Trinajstić information content (AvgIpc) is 2.13. The number of allylic oxidation sites excluding steroid dienone is 4. The van der Waals surface area contributed by atoms with Gasteiger partial charge >= 0.3 is 0 Å². The first kappa shape index (κ1) is 14.1. The summed E-state index contributed by atoms with van der Waals surface area (Å²) in [6.07, 6.45) is 10.4. The fourth-order valence-electron chi connectivity index (χ4n) is 1.46. The first-order valence-corrected chi connectivity index (χ1v) is 4.99. The molecule has 0 spiro atoms. The van der Waals surface area contributed by atoms with Crippen molar-refractivity contribution in [1.82, 2.24) is 0 Å². The summed E-state index contributed by atoms with van der Waals surface area (Å²) in [5, 5.41) is 28.2. The van der Waals surface area contributed by atoms with E-state index in [0.717, 1.165) is 0 Å². The van der Waals surface area contributed by atoms with Crippen molar-refractivity contribution in [3.63, 3.8) is 0 Å². The summed E-state index contributed by atoms with van der Waals surface area (Å²) in [6, 6.07) is 0. The lowest BCUT2D eigenvalue weighted by Gasteiger charge is -2.34. The Balaban J connectivity index is 5.26. The van der Waals surface area contributed by atoms with E-state index >= 15 is 0 Å². The Labute approximate surface area is 91.1 Å². The van der Waals surface area contributed by atoms with Crippen LogP contribution in [-0.4, -0.2) is 21.3 Å². The molecule has 0 aromatic carbocycles. The van der Waals surface area contributed by atoms with Crippen LogP contribution in [-0.2, 0) is 0 Å². The maximum atomic E-state index is 9.39. The highest BCUT2D eigenvalue weighted by Gasteiger charge is 2.43. The van der Waals surface area contributed by atoms with E-state index in [2.05, 4.69) is 0 Å². The van der Waals surface area contributed by atoms with Crippen LogP contribution in [0.2, 0.25) is 0 Å². The number of aliphatic hydroxyl groups is 3. The van der Waals surface area contributed by atoms with Gasteiger partial charge in [0.2, 0.25) is 0 Å². The highest BCUT2D eigenvalue weighted by molar-refractivity contribution is 5.16. The second-order valence-electron chi connectivity index (χ2n) is 3.45. The summed E-state index contributed by atoms with van der Waals surface area (Å²) in [5.74, 6) is -2.76. The third-order valence-electron chi connectivity index (χ3n) is 2.24. The largest absolute Gasteiger partial charge is 0.343 e. The molecule has 0 aromatic heterocycles. The highest BCUT2D eigenvalue weighted by atomic mass is 16.7. The molecule has 0 rings (SSSR count). The van der Waals surface area contributed by atoms with E-state index in [4.69, 9.17) is 0 Å². The lowest BCUT2D eigenvalue weighted by molar-refractivity contribution is -0.352. The minimum Gasteiger partial charge on any atom is -0.343 e. The third-order valence-corrected chi connectivity index (χ3v) is 2.24. The van der Waals surface area contributed by atoms with Crippen LogP contribution in [0.25, 0.3) is 0 Å². The van der Waals surface area contributed by atoms with Crippen molar-refractivity contribution in [3.8, 4) is 0 Å². The summed E-state index contributed by atoms with van der Waals surface area (Å²) >= 11 is 0. The highest BCUT2D eigenvalue weighted by Crippen LogP contribution is 2.36. The maximum Gasteiger partial charge on any atom is 0.288 e. The SMILES string of the molecule is C/C=C/CC(/C=C/C)(/C=C/C)C(O)(O)O. The van der Waals surface area contributed by atoms with Crippen molar-refractivity contribution in [3.05, 3.63) is 36.5 Å².